The van der Waals surface area contributed by atoms with E-state index in [1.807, 2.05) is 0 Å². The zero-order valence-electron chi connectivity index (χ0n) is 8.65. The highest BCUT2D eigenvalue weighted by molar-refractivity contribution is 9.15. The maximum absolute atomic E-state index is 3.65. The topological polar surface area (TPSA) is 0 Å². The summed E-state index contributed by atoms with van der Waals surface area (Å²) < 4.78 is 7.07. The molecule has 2 aromatic carbocycles. The van der Waals surface area contributed by atoms with Crippen molar-refractivity contribution in [2.24, 2.45) is 0 Å². The number of aryl methyl sites for hydroxylation is 1. The fourth-order valence-electron chi connectivity index (χ4n) is 1.67. The molecule has 0 nitrogen and oxygen atoms in total. The Labute approximate surface area is 164 Å². The first-order valence-corrected chi connectivity index (χ1v) is 10.1. The van der Waals surface area contributed by atoms with Gasteiger partial charge in [-0.2, -0.15) is 0 Å². The molecule has 0 radical (unpaired) electrons. The van der Waals surface area contributed by atoms with Gasteiger partial charge in [-0.1, -0.05) is 0 Å². The molecule has 0 aromatic heterocycles. The summed E-state index contributed by atoms with van der Waals surface area (Å²) >= 11 is 25.3. The maximum Gasteiger partial charge on any atom is 0.0477 e. The van der Waals surface area contributed by atoms with Crippen LogP contribution in [0.1, 0.15) is 5.56 Å². The van der Waals surface area contributed by atoms with Crippen LogP contribution in [0.25, 0.3) is 10.8 Å². The number of benzene rings is 2. The maximum atomic E-state index is 3.65. The normalized spacial score (nSPS) is 11.3. The van der Waals surface area contributed by atoms with Crippen LogP contribution in [0.2, 0.25) is 0 Å². The molecular formula is C11H3Br7. The third-order valence-corrected chi connectivity index (χ3v) is 11.0. The molecule has 18 heavy (non-hydrogen) atoms. The predicted molar refractivity (Wildman–Crippen MR) is 103 cm³/mol. The Morgan fingerprint density at radius 3 is 1.22 bits per heavy atom. The molecule has 0 aliphatic heterocycles. The average molecular weight is 694 g/mol. The molecular weight excluding hydrogens is 691 g/mol. The minimum Gasteiger partial charge on any atom is -0.0492 e. The van der Waals surface area contributed by atoms with E-state index in [2.05, 4.69) is 118 Å². The Kier molecular flexibility index (Phi) is 5.52. The van der Waals surface area contributed by atoms with Gasteiger partial charge in [-0.25, -0.2) is 0 Å². The van der Waals surface area contributed by atoms with E-state index >= 15 is 0 Å². The van der Waals surface area contributed by atoms with Gasteiger partial charge in [0.2, 0.25) is 0 Å². The predicted octanol–water partition coefficient (Wildman–Crippen LogP) is 8.49. The zero-order valence-corrected chi connectivity index (χ0v) is 19.7. The van der Waals surface area contributed by atoms with E-state index in [0.29, 0.717) is 0 Å². The van der Waals surface area contributed by atoms with Gasteiger partial charge < -0.3 is 0 Å². The van der Waals surface area contributed by atoms with E-state index < -0.39 is 0 Å². The monoisotopic (exact) mass is 687 g/mol. The Morgan fingerprint density at radius 1 is 0.444 bits per heavy atom. The molecule has 2 aromatic rings. The van der Waals surface area contributed by atoms with E-state index in [-0.39, 0.29) is 0 Å². The van der Waals surface area contributed by atoms with Crippen molar-refractivity contribution in [3.8, 4) is 0 Å². The van der Waals surface area contributed by atoms with E-state index in [9.17, 15) is 0 Å². The molecule has 2 rings (SSSR count). The lowest BCUT2D eigenvalue weighted by Gasteiger charge is -2.16. The molecule has 7 heteroatoms. The molecule has 0 amide bonds. The summed E-state index contributed by atoms with van der Waals surface area (Å²) in [5.74, 6) is 0. The first-order chi connectivity index (χ1) is 8.29. The highest BCUT2D eigenvalue weighted by atomic mass is 79.9. The Balaban J connectivity index is 3.22. The molecule has 0 N–H and O–H groups in total. The van der Waals surface area contributed by atoms with Crippen LogP contribution in [0, 0.1) is 6.92 Å². The van der Waals surface area contributed by atoms with Gasteiger partial charge in [0.1, 0.15) is 0 Å². The van der Waals surface area contributed by atoms with Crippen molar-refractivity contribution in [2.45, 2.75) is 6.92 Å². The van der Waals surface area contributed by atoms with Crippen molar-refractivity contribution in [3.63, 3.8) is 0 Å². The Bertz CT molecular complexity index is 562. The van der Waals surface area contributed by atoms with Gasteiger partial charge in [0.15, 0.2) is 0 Å². The number of hydrogen-bond donors (Lipinski definition) is 0. The van der Waals surface area contributed by atoms with Gasteiger partial charge in [-0.3, -0.25) is 0 Å². The van der Waals surface area contributed by atoms with Crippen molar-refractivity contribution < 1.29 is 0 Å². The smallest absolute Gasteiger partial charge is 0.0477 e. The zero-order chi connectivity index (χ0) is 13.8. The van der Waals surface area contributed by atoms with Crippen molar-refractivity contribution in [3.05, 3.63) is 36.9 Å². The van der Waals surface area contributed by atoms with Crippen molar-refractivity contribution in [1.29, 1.82) is 0 Å². The second-order valence-corrected chi connectivity index (χ2v) is 9.12. The molecule has 0 saturated heterocycles. The van der Waals surface area contributed by atoms with Gasteiger partial charge in [0.25, 0.3) is 0 Å². The van der Waals surface area contributed by atoms with Crippen LogP contribution >= 0.6 is 112 Å². The number of fused-ring (bicyclic) bond motifs is 1. The van der Waals surface area contributed by atoms with Crippen molar-refractivity contribution in [1.82, 2.24) is 0 Å². The molecule has 0 unspecified atom stereocenters. The summed E-state index contributed by atoms with van der Waals surface area (Å²) in [4.78, 5) is 0. The number of rotatable bonds is 0. The number of hydrogen-bond acceptors (Lipinski definition) is 0. The lowest BCUT2D eigenvalue weighted by atomic mass is 10.1. The van der Waals surface area contributed by atoms with Crippen LogP contribution in [0.3, 0.4) is 0 Å². The SMILES string of the molecule is Cc1c(Br)c(Br)c(Br)c2c(Br)c(Br)c(Br)c(Br)c12. The van der Waals surface area contributed by atoms with Crippen LogP contribution in [0.5, 0.6) is 0 Å². The highest BCUT2D eigenvalue weighted by Gasteiger charge is 2.21. The van der Waals surface area contributed by atoms with E-state index in [1.165, 1.54) is 5.56 Å². The average Bonchev–Trinajstić information content (AvgIpc) is 2.35. The van der Waals surface area contributed by atoms with Crippen LogP contribution in [0.4, 0.5) is 0 Å². The molecule has 0 aliphatic rings. The van der Waals surface area contributed by atoms with Gasteiger partial charge in [0, 0.05) is 42.1 Å². The summed E-state index contributed by atoms with van der Waals surface area (Å²) in [5.41, 5.74) is 1.17. The van der Waals surface area contributed by atoms with Crippen LogP contribution < -0.4 is 0 Å². The minimum atomic E-state index is 0.983. The standard InChI is InChI=1S/C11H3Br7/c1-2-3-4(7(14)9(16)5(2)12)8(15)11(18)10(17)6(3)13/h1H3. The molecule has 96 valence electrons. The Hall–Kier alpha value is 2.06. The summed E-state index contributed by atoms with van der Waals surface area (Å²) in [6.45, 7) is 2.08. The van der Waals surface area contributed by atoms with E-state index in [1.54, 1.807) is 0 Å². The van der Waals surface area contributed by atoms with Gasteiger partial charge in [-0.05, 0) is 124 Å². The lowest BCUT2D eigenvalue weighted by molar-refractivity contribution is 1.41. The fourth-order valence-corrected chi connectivity index (χ4v) is 6.30. The molecule has 0 heterocycles. The second-order valence-electron chi connectivity index (χ2n) is 3.57. The molecule has 0 atom stereocenters. The quantitative estimate of drug-likeness (QED) is 0.192. The molecule has 0 fully saturated rings. The Morgan fingerprint density at radius 2 is 0.778 bits per heavy atom. The molecule has 0 spiro atoms. The molecule has 0 bridgehead atoms. The van der Waals surface area contributed by atoms with Gasteiger partial charge in [0.05, 0.1) is 0 Å². The lowest BCUT2D eigenvalue weighted by Crippen LogP contribution is -1.90. The fraction of sp³-hybridized carbons (Fsp3) is 0.0909. The summed E-state index contributed by atoms with van der Waals surface area (Å²) in [6, 6.07) is 0. The van der Waals surface area contributed by atoms with E-state index in [4.69, 9.17) is 0 Å². The van der Waals surface area contributed by atoms with Gasteiger partial charge in [-0.15, -0.1) is 0 Å². The van der Waals surface area contributed by atoms with Crippen molar-refractivity contribution >= 4 is 122 Å². The minimum absolute atomic E-state index is 0.983. The second kappa shape index (κ2) is 6.05. The van der Waals surface area contributed by atoms with Gasteiger partial charge >= 0.3 is 0 Å². The molecule has 0 saturated carbocycles. The van der Waals surface area contributed by atoms with Crippen LogP contribution in [-0.2, 0) is 0 Å². The highest BCUT2D eigenvalue weighted by Crippen LogP contribution is 2.50. The van der Waals surface area contributed by atoms with Crippen LogP contribution in [-0.4, -0.2) is 0 Å². The third kappa shape index (κ3) is 2.48. The first-order valence-electron chi connectivity index (χ1n) is 4.57. The molecule has 0 aliphatic carbocycles. The summed E-state index contributed by atoms with van der Waals surface area (Å²) in [7, 11) is 0. The first kappa shape index (κ1) is 16.4. The largest absolute Gasteiger partial charge is 0.0492 e. The van der Waals surface area contributed by atoms with Crippen molar-refractivity contribution in [2.75, 3.05) is 0 Å². The van der Waals surface area contributed by atoms with Crippen LogP contribution in [0.15, 0.2) is 31.3 Å². The number of halogens is 7. The van der Waals surface area contributed by atoms with E-state index in [0.717, 1.165) is 42.1 Å². The third-order valence-electron chi connectivity index (χ3n) is 2.58. The summed E-state index contributed by atoms with van der Waals surface area (Å²) in [5, 5.41) is 2.27. The summed E-state index contributed by atoms with van der Waals surface area (Å²) in [6.07, 6.45) is 0.